The summed E-state index contributed by atoms with van der Waals surface area (Å²) in [4.78, 5) is 2.07. The van der Waals surface area contributed by atoms with E-state index in [9.17, 15) is 13.9 Å². The van der Waals surface area contributed by atoms with Crippen LogP contribution < -0.4 is 9.47 Å². The van der Waals surface area contributed by atoms with Crippen LogP contribution in [0, 0.1) is 11.6 Å². The lowest BCUT2D eigenvalue weighted by Gasteiger charge is -2.20. The number of β-amino-alcohol motifs (C(OH)–C–C–N with tert-alkyl or cyclic N) is 1. The van der Waals surface area contributed by atoms with Crippen molar-refractivity contribution >= 4 is 0 Å². The molecule has 134 valence electrons. The molecule has 0 spiro atoms. The molecule has 2 aromatic carbocycles. The summed E-state index contributed by atoms with van der Waals surface area (Å²) in [6.07, 6.45) is 0.0555. The second-order valence-corrected chi connectivity index (χ2v) is 6.14. The van der Waals surface area contributed by atoms with Gasteiger partial charge in [0.05, 0.1) is 0 Å². The van der Waals surface area contributed by atoms with Gasteiger partial charge >= 0.3 is 0 Å². The lowest BCUT2D eigenvalue weighted by Crippen LogP contribution is -2.35. The normalized spacial score (nSPS) is 18.9. The molecular weight excluding hydrogens is 328 g/mol. The van der Waals surface area contributed by atoms with E-state index in [1.807, 2.05) is 30.3 Å². The molecule has 1 N–H and O–H groups in total. The van der Waals surface area contributed by atoms with Gasteiger partial charge in [-0.3, -0.25) is 4.90 Å². The summed E-state index contributed by atoms with van der Waals surface area (Å²) in [5, 5.41) is 10.1. The minimum absolute atomic E-state index is 0.105. The summed E-state index contributed by atoms with van der Waals surface area (Å²) in [6, 6.07) is 12.9. The number of hydrogen-bond donors (Lipinski definition) is 1. The molecule has 1 saturated heterocycles. The average Bonchev–Trinajstić information content (AvgIpc) is 3.04. The molecule has 2 unspecified atom stereocenters. The van der Waals surface area contributed by atoms with Crippen LogP contribution in [0.4, 0.5) is 8.78 Å². The third-order valence-electron chi connectivity index (χ3n) is 4.08. The summed E-state index contributed by atoms with van der Waals surface area (Å²) in [5.41, 5.74) is 0. The number of aliphatic hydroxyl groups excluding tert-OH is 1. The predicted octanol–water partition coefficient (Wildman–Crippen LogP) is 2.86. The van der Waals surface area contributed by atoms with Crippen molar-refractivity contribution in [1.29, 1.82) is 0 Å². The summed E-state index contributed by atoms with van der Waals surface area (Å²) in [5.74, 6) is -0.760. The number of rotatable bonds is 7. The molecule has 2 aromatic rings. The Balaban J connectivity index is 1.42. The van der Waals surface area contributed by atoms with Gasteiger partial charge < -0.3 is 14.6 Å². The SMILES string of the molecule is OC(COc1ccccc1)CN1CCC(Oc2ccc(F)c(F)c2)C1. The van der Waals surface area contributed by atoms with Crippen LogP contribution in [-0.4, -0.2) is 48.5 Å². The molecule has 0 saturated carbocycles. The van der Waals surface area contributed by atoms with E-state index in [-0.39, 0.29) is 12.7 Å². The lowest BCUT2D eigenvalue weighted by atomic mass is 10.3. The Morgan fingerprint density at radius 2 is 1.88 bits per heavy atom. The van der Waals surface area contributed by atoms with E-state index in [1.165, 1.54) is 6.07 Å². The number of para-hydroxylation sites is 1. The second kappa shape index (κ2) is 8.27. The second-order valence-electron chi connectivity index (χ2n) is 6.14. The molecule has 1 fully saturated rings. The van der Waals surface area contributed by atoms with E-state index in [0.29, 0.717) is 18.8 Å². The molecule has 4 nitrogen and oxygen atoms in total. The summed E-state index contributed by atoms with van der Waals surface area (Å²) < 4.78 is 37.4. The van der Waals surface area contributed by atoms with E-state index >= 15 is 0 Å². The van der Waals surface area contributed by atoms with Crippen molar-refractivity contribution in [3.8, 4) is 11.5 Å². The highest BCUT2D eigenvalue weighted by Gasteiger charge is 2.26. The molecule has 0 aromatic heterocycles. The first-order valence-corrected chi connectivity index (χ1v) is 8.30. The van der Waals surface area contributed by atoms with Crippen LogP contribution in [0.3, 0.4) is 0 Å². The van der Waals surface area contributed by atoms with Crippen molar-refractivity contribution in [2.45, 2.75) is 18.6 Å². The molecular formula is C19H21F2NO3. The highest BCUT2D eigenvalue weighted by Crippen LogP contribution is 2.21. The van der Waals surface area contributed by atoms with Crippen molar-refractivity contribution in [1.82, 2.24) is 4.90 Å². The summed E-state index contributed by atoms with van der Waals surface area (Å²) >= 11 is 0. The fourth-order valence-corrected chi connectivity index (χ4v) is 2.86. The van der Waals surface area contributed by atoms with E-state index in [4.69, 9.17) is 9.47 Å². The van der Waals surface area contributed by atoms with Crippen LogP contribution in [0.15, 0.2) is 48.5 Å². The molecule has 1 heterocycles. The maximum atomic E-state index is 13.2. The zero-order valence-corrected chi connectivity index (χ0v) is 13.8. The number of nitrogens with zero attached hydrogens (tertiary/aromatic N) is 1. The van der Waals surface area contributed by atoms with E-state index in [0.717, 1.165) is 30.8 Å². The van der Waals surface area contributed by atoms with Gasteiger partial charge in [-0.25, -0.2) is 8.78 Å². The van der Waals surface area contributed by atoms with E-state index < -0.39 is 17.7 Å². The van der Waals surface area contributed by atoms with Gasteiger partial charge in [-0.05, 0) is 30.7 Å². The first kappa shape index (κ1) is 17.6. The Morgan fingerprint density at radius 1 is 1.08 bits per heavy atom. The van der Waals surface area contributed by atoms with Crippen molar-refractivity contribution in [3.05, 3.63) is 60.2 Å². The quantitative estimate of drug-likeness (QED) is 0.835. The lowest BCUT2D eigenvalue weighted by molar-refractivity contribution is 0.0720. The Kier molecular flexibility index (Phi) is 5.83. The molecule has 1 aliphatic heterocycles. The van der Waals surface area contributed by atoms with Crippen LogP contribution in [0.1, 0.15) is 6.42 Å². The molecule has 3 rings (SSSR count). The fourth-order valence-electron chi connectivity index (χ4n) is 2.86. The van der Waals surface area contributed by atoms with E-state index in [1.54, 1.807) is 0 Å². The summed E-state index contributed by atoms with van der Waals surface area (Å²) in [6.45, 7) is 2.10. The van der Waals surface area contributed by atoms with Crippen molar-refractivity contribution < 1.29 is 23.4 Å². The topological polar surface area (TPSA) is 41.9 Å². The largest absolute Gasteiger partial charge is 0.491 e. The Labute approximate surface area is 145 Å². The minimum atomic E-state index is -0.916. The number of hydrogen-bond acceptors (Lipinski definition) is 4. The molecule has 0 aliphatic carbocycles. The molecule has 2 atom stereocenters. The molecule has 1 aliphatic rings. The van der Waals surface area contributed by atoms with Gasteiger partial charge in [-0.2, -0.15) is 0 Å². The van der Waals surface area contributed by atoms with Gasteiger partial charge in [-0.15, -0.1) is 0 Å². The number of likely N-dealkylation sites (tertiary alicyclic amines) is 1. The van der Waals surface area contributed by atoms with Crippen LogP contribution >= 0.6 is 0 Å². The first-order valence-electron chi connectivity index (χ1n) is 8.30. The predicted molar refractivity (Wildman–Crippen MR) is 89.8 cm³/mol. The third-order valence-corrected chi connectivity index (χ3v) is 4.08. The molecule has 6 heteroatoms. The Morgan fingerprint density at radius 3 is 2.64 bits per heavy atom. The Hall–Kier alpha value is -2.18. The zero-order valence-electron chi connectivity index (χ0n) is 13.8. The van der Waals surface area contributed by atoms with Crippen LogP contribution in [0.2, 0.25) is 0 Å². The van der Waals surface area contributed by atoms with Gasteiger partial charge in [0.15, 0.2) is 11.6 Å². The number of aliphatic hydroxyl groups is 1. The smallest absolute Gasteiger partial charge is 0.162 e. The van der Waals surface area contributed by atoms with Gasteiger partial charge in [0.2, 0.25) is 0 Å². The zero-order chi connectivity index (χ0) is 17.6. The van der Waals surface area contributed by atoms with Crippen LogP contribution in [-0.2, 0) is 0 Å². The monoisotopic (exact) mass is 349 g/mol. The van der Waals surface area contributed by atoms with Crippen molar-refractivity contribution in [3.63, 3.8) is 0 Å². The van der Waals surface area contributed by atoms with E-state index in [2.05, 4.69) is 4.90 Å². The molecule has 0 bridgehead atoms. The standard InChI is InChI=1S/C19H21F2NO3/c20-18-7-6-16(10-19(18)21)25-17-8-9-22(12-17)11-14(23)13-24-15-4-2-1-3-5-15/h1-7,10,14,17,23H,8-9,11-13H2. The number of benzene rings is 2. The van der Waals surface area contributed by atoms with Gasteiger partial charge in [0.1, 0.15) is 30.3 Å². The highest BCUT2D eigenvalue weighted by molar-refractivity contribution is 5.24. The molecule has 0 amide bonds. The number of halogens is 2. The number of ether oxygens (including phenoxy) is 2. The van der Waals surface area contributed by atoms with Crippen LogP contribution in [0.5, 0.6) is 11.5 Å². The van der Waals surface area contributed by atoms with Gasteiger partial charge in [0, 0.05) is 25.7 Å². The summed E-state index contributed by atoms with van der Waals surface area (Å²) in [7, 11) is 0. The maximum Gasteiger partial charge on any atom is 0.162 e. The van der Waals surface area contributed by atoms with Crippen molar-refractivity contribution in [2.75, 3.05) is 26.2 Å². The van der Waals surface area contributed by atoms with Crippen LogP contribution in [0.25, 0.3) is 0 Å². The maximum absolute atomic E-state index is 13.2. The fraction of sp³-hybridized carbons (Fsp3) is 0.368. The molecule has 0 radical (unpaired) electrons. The molecule has 25 heavy (non-hydrogen) atoms. The minimum Gasteiger partial charge on any atom is -0.491 e. The highest BCUT2D eigenvalue weighted by atomic mass is 19.2. The van der Waals surface area contributed by atoms with Crippen molar-refractivity contribution in [2.24, 2.45) is 0 Å². The first-order chi connectivity index (χ1) is 12.1. The van der Waals surface area contributed by atoms with Gasteiger partial charge in [-0.1, -0.05) is 18.2 Å². The average molecular weight is 349 g/mol. The third kappa shape index (κ3) is 5.14. The Bertz CT molecular complexity index is 684. The van der Waals surface area contributed by atoms with Gasteiger partial charge in [0.25, 0.3) is 0 Å².